The molecule has 0 saturated heterocycles. The molecule has 4 N–H and O–H groups in total. The van der Waals surface area contributed by atoms with Crippen LogP contribution in [0.25, 0.3) is 0 Å². The zero-order valence-electron chi connectivity index (χ0n) is 15.5. The van der Waals surface area contributed by atoms with Crippen molar-refractivity contribution in [2.75, 3.05) is 6.54 Å². The molecule has 3 unspecified atom stereocenters. The van der Waals surface area contributed by atoms with E-state index in [1.165, 1.54) is 11.1 Å². The summed E-state index contributed by atoms with van der Waals surface area (Å²) in [5, 5.41) is 6.80. The summed E-state index contributed by atoms with van der Waals surface area (Å²) in [6.07, 6.45) is 4.62. The number of benzene rings is 2. The van der Waals surface area contributed by atoms with Crippen LogP contribution in [-0.2, 0) is 6.42 Å². The Morgan fingerprint density at radius 3 is 2.74 bits per heavy atom. The molecule has 0 spiro atoms. The molecule has 2 aromatic rings. The van der Waals surface area contributed by atoms with E-state index in [2.05, 4.69) is 28.8 Å². The van der Waals surface area contributed by atoms with Crippen molar-refractivity contribution in [3.05, 3.63) is 70.7 Å². The van der Waals surface area contributed by atoms with Crippen LogP contribution in [-0.4, -0.2) is 24.7 Å². The van der Waals surface area contributed by atoms with Crippen LogP contribution < -0.4 is 16.4 Å². The molecule has 1 aliphatic rings. The lowest BCUT2D eigenvalue weighted by Gasteiger charge is -2.16. The number of rotatable bonds is 7. The fourth-order valence-electron chi connectivity index (χ4n) is 3.80. The van der Waals surface area contributed by atoms with Gasteiger partial charge in [0, 0.05) is 23.7 Å². The number of urea groups is 1. The first kappa shape index (κ1) is 19.7. The average Bonchev–Trinajstić information content (AvgIpc) is 3.11. The van der Waals surface area contributed by atoms with Gasteiger partial charge < -0.3 is 16.4 Å². The van der Waals surface area contributed by atoms with Crippen molar-refractivity contribution in [3.63, 3.8) is 0 Å². The summed E-state index contributed by atoms with van der Waals surface area (Å²) in [7, 11) is 0. The molecule has 144 valence electrons. The van der Waals surface area contributed by atoms with Gasteiger partial charge in [-0.3, -0.25) is 0 Å². The van der Waals surface area contributed by atoms with E-state index in [0.29, 0.717) is 12.5 Å². The summed E-state index contributed by atoms with van der Waals surface area (Å²) in [4.78, 5) is 12.2. The first-order valence-electron chi connectivity index (χ1n) is 9.69. The molecule has 5 heteroatoms. The van der Waals surface area contributed by atoms with Crippen molar-refractivity contribution >= 4 is 17.6 Å². The molecule has 0 bridgehead atoms. The first-order chi connectivity index (χ1) is 13.1. The highest BCUT2D eigenvalue weighted by Gasteiger charge is 2.27. The third-order valence-corrected chi connectivity index (χ3v) is 5.46. The Bertz CT molecular complexity index is 737. The molecule has 0 radical (unpaired) electrons. The van der Waals surface area contributed by atoms with E-state index in [9.17, 15) is 4.79 Å². The van der Waals surface area contributed by atoms with Gasteiger partial charge in [0.1, 0.15) is 0 Å². The quantitative estimate of drug-likeness (QED) is 0.667. The molecular formula is C22H28ClN3O. The van der Waals surface area contributed by atoms with Crippen molar-refractivity contribution in [3.8, 4) is 0 Å². The first-order valence-corrected chi connectivity index (χ1v) is 10.1. The number of nitrogens with two attached hydrogens (primary N) is 1. The summed E-state index contributed by atoms with van der Waals surface area (Å²) in [5.41, 5.74) is 8.66. The molecule has 27 heavy (non-hydrogen) atoms. The third kappa shape index (κ3) is 6.26. The van der Waals surface area contributed by atoms with E-state index in [-0.39, 0.29) is 18.1 Å². The molecule has 0 aliphatic heterocycles. The highest BCUT2D eigenvalue weighted by atomic mass is 35.5. The van der Waals surface area contributed by atoms with Crippen LogP contribution in [0, 0.1) is 0 Å². The number of carbonyl (C=O) groups is 1. The van der Waals surface area contributed by atoms with E-state index in [1.807, 2.05) is 36.4 Å². The summed E-state index contributed by atoms with van der Waals surface area (Å²) in [5.74, 6) is 0.466. The van der Waals surface area contributed by atoms with E-state index in [1.54, 1.807) is 0 Å². The van der Waals surface area contributed by atoms with Crippen molar-refractivity contribution in [2.45, 2.75) is 50.1 Å². The van der Waals surface area contributed by atoms with Gasteiger partial charge in [-0.15, -0.1) is 0 Å². The minimum absolute atomic E-state index is 0.0476. The second kappa shape index (κ2) is 9.77. The van der Waals surface area contributed by atoms with Crippen LogP contribution in [0.1, 0.15) is 42.7 Å². The van der Waals surface area contributed by atoms with E-state index < -0.39 is 0 Å². The number of hydrogen-bond acceptors (Lipinski definition) is 2. The predicted octanol–water partition coefficient (Wildman–Crippen LogP) is 4.24. The van der Waals surface area contributed by atoms with Gasteiger partial charge in [0.15, 0.2) is 0 Å². The monoisotopic (exact) mass is 385 g/mol. The number of nitrogens with one attached hydrogen (secondary N) is 2. The SMILES string of the molecule is NC(CCNC(=O)NC1CCC(c2cccc(Cl)c2)C1)Cc1ccccc1. The fourth-order valence-corrected chi connectivity index (χ4v) is 4.00. The lowest BCUT2D eigenvalue weighted by molar-refractivity contribution is 0.236. The van der Waals surface area contributed by atoms with Crippen molar-refractivity contribution in [1.29, 1.82) is 0 Å². The summed E-state index contributed by atoms with van der Waals surface area (Å²) >= 11 is 6.09. The smallest absolute Gasteiger partial charge is 0.315 e. The molecule has 3 rings (SSSR count). The van der Waals surface area contributed by atoms with E-state index >= 15 is 0 Å². The van der Waals surface area contributed by atoms with Crippen molar-refractivity contribution < 1.29 is 4.79 Å². The maximum Gasteiger partial charge on any atom is 0.315 e. The Balaban J connectivity index is 1.35. The minimum atomic E-state index is -0.0985. The Hall–Kier alpha value is -2.04. The van der Waals surface area contributed by atoms with Gasteiger partial charge in [0.05, 0.1) is 0 Å². The second-order valence-corrected chi connectivity index (χ2v) is 7.84. The number of halogens is 1. The van der Waals surface area contributed by atoms with Crippen LogP contribution in [0.2, 0.25) is 5.02 Å². The predicted molar refractivity (Wildman–Crippen MR) is 111 cm³/mol. The molecule has 1 aliphatic carbocycles. The second-order valence-electron chi connectivity index (χ2n) is 7.40. The summed E-state index contributed by atoms with van der Waals surface area (Å²) in [6.45, 7) is 0.588. The van der Waals surface area contributed by atoms with Crippen LogP contribution in [0.15, 0.2) is 54.6 Å². The van der Waals surface area contributed by atoms with Gasteiger partial charge in [-0.25, -0.2) is 4.79 Å². The molecule has 3 atom stereocenters. The number of hydrogen-bond donors (Lipinski definition) is 3. The molecule has 0 heterocycles. The molecule has 0 aromatic heterocycles. The third-order valence-electron chi connectivity index (χ3n) is 5.23. The van der Waals surface area contributed by atoms with Crippen LogP contribution in [0.3, 0.4) is 0 Å². The maximum atomic E-state index is 12.2. The molecule has 2 aromatic carbocycles. The standard InChI is InChI=1S/C22H28ClN3O/c23-19-8-4-7-17(14-19)18-9-10-21(15-18)26-22(27)25-12-11-20(24)13-16-5-2-1-3-6-16/h1-8,14,18,20-21H,9-13,15,24H2,(H2,25,26,27). The minimum Gasteiger partial charge on any atom is -0.338 e. The number of amides is 2. The molecule has 1 fully saturated rings. The van der Waals surface area contributed by atoms with E-state index in [0.717, 1.165) is 37.1 Å². The zero-order chi connectivity index (χ0) is 19.1. The van der Waals surface area contributed by atoms with Gasteiger partial charge in [-0.05, 0) is 61.3 Å². The molecule has 4 nitrogen and oxygen atoms in total. The Morgan fingerprint density at radius 2 is 1.96 bits per heavy atom. The van der Waals surface area contributed by atoms with Crippen molar-refractivity contribution in [2.24, 2.45) is 5.73 Å². The van der Waals surface area contributed by atoms with Gasteiger partial charge >= 0.3 is 6.03 Å². The largest absolute Gasteiger partial charge is 0.338 e. The number of carbonyl (C=O) groups excluding carboxylic acids is 1. The van der Waals surface area contributed by atoms with E-state index in [4.69, 9.17) is 17.3 Å². The molecule has 1 saturated carbocycles. The Kier molecular flexibility index (Phi) is 7.13. The lowest BCUT2D eigenvalue weighted by atomic mass is 9.97. The lowest BCUT2D eigenvalue weighted by Crippen LogP contribution is -2.42. The normalized spacial score (nSPS) is 20.2. The topological polar surface area (TPSA) is 67.1 Å². The van der Waals surface area contributed by atoms with Crippen LogP contribution in [0.4, 0.5) is 4.79 Å². The van der Waals surface area contributed by atoms with Gasteiger partial charge in [-0.2, -0.15) is 0 Å². The van der Waals surface area contributed by atoms with Crippen LogP contribution in [0.5, 0.6) is 0 Å². The van der Waals surface area contributed by atoms with Crippen molar-refractivity contribution in [1.82, 2.24) is 10.6 Å². The Morgan fingerprint density at radius 1 is 1.15 bits per heavy atom. The van der Waals surface area contributed by atoms with Gasteiger partial charge in [-0.1, -0.05) is 54.1 Å². The summed E-state index contributed by atoms with van der Waals surface area (Å²) in [6, 6.07) is 18.4. The average molecular weight is 386 g/mol. The zero-order valence-corrected chi connectivity index (χ0v) is 16.3. The summed E-state index contributed by atoms with van der Waals surface area (Å²) < 4.78 is 0. The van der Waals surface area contributed by atoms with Crippen LogP contribution >= 0.6 is 11.6 Å². The highest BCUT2D eigenvalue weighted by molar-refractivity contribution is 6.30. The molecular weight excluding hydrogens is 358 g/mol. The molecule has 2 amide bonds. The van der Waals surface area contributed by atoms with Gasteiger partial charge in [0.2, 0.25) is 0 Å². The Labute approximate surface area is 166 Å². The fraction of sp³-hybridized carbons (Fsp3) is 0.409. The maximum absolute atomic E-state index is 12.2. The van der Waals surface area contributed by atoms with Gasteiger partial charge in [0.25, 0.3) is 0 Å². The highest BCUT2D eigenvalue weighted by Crippen LogP contribution is 2.35.